The van der Waals surface area contributed by atoms with Crippen LogP contribution in [-0.2, 0) is 19.6 Å². The molecule has 0 radical (unpaired) electrons. The van der Waals surface area contributed by atoms with E-state index in [0.29, 0.717) is 27.6 Å². The Morgan fingerprint density at radius 2 is 1.75 bits per heavy atom. The van der Waals surface area contributed by atoms with Gasteiger partial charge in [0.25, 0.3) is 15.9 Å². The van der Waals surface area contributed by atoms with E-state index in [1.54, 1.807) is 32.2 Å². The molecular formula is C26H22N6O6S2. The second-order valence-corrected chi connectivity index (χ2v) is 11.3. The maximum Gasteiger partial charge on any atom is 0.338 e. The Bertz CT molecular complexity index is 1800. The zero-order valence-electron chi connectivity index (χ0n) is 21.2. The van der Waals surface area contributed by atoms with Crippen LogP contribution in [0.4, 0.5) is 10.8 Å². The van der Waals surface area contributed by atoms with Crippen LogP contribution in [0, 0.1) is 6.92 Å². The van der Waals surface area contributed by atoms with Gasteiger partial charge < -0.3 is 19.8 Å². The number of nitrogens with one attached hydrogen (secondary N) is 3. The molecule has 0 spiro atoms. The van der Waals surface area contributed by atoms with Crippen molar-refractivity contribution in [1.82, 2.24) is 20.2 Å². The third-order valence-corrected chi connectivity index (χ3v) is 7.85. The first kappa shape index (κ1) is 26.8. The van der Waals surface area contributed by atoms with Crippen molar-refractivity contribution < 1.29 is 27.5 Å². The van der Waals surface area contributed by atoms with Crippen molar-refractivity contribution in [3.05, 3.63) is 77.3 Å². The molecule has 0 aliphatic heterocycles. The summed E-state index contributed by atoms with van der Waals surface area (Å²) >= 11 is 1.11. The van der Waals surface area contributed by atoms with Crippen molar-refractivity contribution in [1.29, 1.82) is 0 Å². The van der Waals surface area contributed by atoms with E-state index in [9.17, 15) is 18.0 Å². The molecule has 2 heterocycles. The molecule has 3 N–H and O–H groups in total. The molecule has 0 aliphatic rings. The van der Waals surface area contributed by atoms with Crippen molar-refractivity contribution in [2.24, 2.45) is 0 Å². The predicted octanol–water partition coefficient (Wildman–Crippen LogP) is 3.99. The zero-order chi connectivity index (χ0) is 28.3. The second-order valence-electron chi connectivity index (χ2n) is 8.43. The number of aromatic amines is 1. The number of fused-ring (bicyclic) bond motifs is 1. The highest BCUT2D eigenvalue weighted by Gasteiger charge is 2.17. The molecule has 2 aromatic heterocycles. The summed E-state index contributed by atoms with van der Waals surface area (Å²) in [5.41, 5.74) is 2.73. The highest BCUT2D eigenvalue weighted by molar-refractivity contribution is 7.93. The normalized spacial score (nSPS) is 11.2. The maximum absolute atomic E-state index is 12.6. The quantitative estimate of drug-likeness (QED) is 0.219. The molecule has 5 aromatic rings. The number of esters is 1. The van der Waals surface area contributed by atoms with E-state index >= 15 is 0 Å². The molecular weight excluding hydrogens is 556 g/mol. The Labute approximate surface area is 232 Å². The molecule has 3 aromatic carbocycles. The van der Waals surface area contributed by atoms with E-state index in [0.717, 1.165) is 22.6 Å². The molecule has 0 bridgehead atoms. The average molecular weight is 579 g/mol. The second kappa shape index (κ2) is 11.1. The lowest BCUT2D eigenvalue weighted by atomic mass is 10.2. The van der Waals surface area contributed by atoms with Gasteiger partial charge in [-0.2, -0.15) is 0 Å². The topological polar surface area (TPSA) is 165 Å². The molecule has 40 heavy (non-hydrogen) atoms. The van der Waals surface area contributed by atoms with E-state index in [-0.39, 0.29) is 15.6 Å². The van der Waals surface area contributed by atoms with Crippen molar-refractivity contribution in [3.63, 3.8) is 0 Å². The van der Waals surface area contributed by atoms with Gasteiger partial charge in [-0.1, -0.05) is 11.3 Å². The average Bonchev–Trinajstić information content (AvgIpc) is 3.56. The van der Waals surface area contributed by atoms with Crippen LogP contribution < -0.4 is 14.8 Å². The number of ether oxygens (including phenoxy) is 2. The van der Waals surface area contributed by atoms with Gasteiger partial charge in [0.05, 0.1) is 28.6 Å². The highest BCUT2D eigenvalue weighted by atomic mass is 32.2. The summed E-state index contributed by atoms with van der Waals surface area (Å²) in [6.07, 6.45) is 0. The molecule has 0 aliphatic carbocycles. The largest absolute Gasteiger partial charge is 0.497 e. The van der Waals surface area contributed by atoms with Crippen LogP contribution in [0.2, 0.25) is 0 Å². The molecule has 14 heteroatoms. The monoisotopic (exact) mass is 578 g/mol. The first-order valence-corrected chi connectivity index (χ1v) is 14.0. The summed E-state index contributed by atoms with van der Waals surface area (Å²) in [7, 11) is -2.27. The fourth-order valence-electron chi connectivity index (χ4n) is 3.66. The smallest absolute Gasteiger partial charge is 0.338 e. The van der Waals surface area contributed by atoms with E-state index in [4.69, 9.17) is 9.47 Å². The Kier molecular flexibility index (Phi) is 7.44. The molecule has 0 saturated carbocycles. The summed E-state index contributed by atoms with van der Waals surface area (Å²) in [6, 6.07) is 17.8. The molecule has 5 rings (SSSR count). The lowest BCUT2D eigenvalue weighted by Crippen LogP contribution is -2.21. The number of sulfonamides is 1. The van der Waals surface area contributed by atoms with E-state index < -0.39 is 28.5 Å². The van der Waals surface area contributed by atoms with E-state index in [1.807, 2.05) is 24.3 Å². The van der Waals surface area contributed by atoms with Crippen LogP contribution in [0.1, 0.15) is 15.4 Å². The number of amides is 1. The first-order valence-electron chi connectivity index (χ1n) is 11.7. The van der Waals surface area contributed by atoms with Crippen LogP contribution in [0.15, 0.2) is 71.6 Å². The van der Waals surface area contributed by atoms with Crippen LogP contribution in [0.25, 0.3) is 22.4 Å². The molecule has 1 amide bonds. The number of aryl methyl sites for hydroxylation is 1. The number of nitrogens with zero attached hydrogens (tertiary/aromatic N) is 3. The summed E-state index contributed by atoms with van der Waals surface area (Å²) in [5, 5.41) is 10.9. The van der Waals surface area contributed by atoms with Gasteiger partial charge in [0.15, 0.2) is 6.61 Å². The number of hydrogen-bond acceptors (Lipinski definition) is 10. The van der Waals surface area contributed by atoms with Crippen LogP contribution >= 0.6 is 11.3 Å². The Balaban J connectivity index is 1.17. The van der Waals surface area contributed by atoms with Gasteiger partial charge >= 0.3 is 5.97 Å². The Hall–Kier alpha value is -4.82. The van der Waals surface area contributed by atoms with Gasteiger partial charge in [-0.05, 0) is 73.7 Å². The zero-order valence-corrected chi connectivity index (χ0v) is 22.8. The van der Waals surface area contributed by atoms with E-state index in [2.05, 4.69) is 30.2 Å². The van der Waals surface area contributed by atoms with Gasteiger partial charge in [0.2, 0.25) is 5.13 Å². The van der Waals surface area contributed by atoms with Crippen molar-refractivity contribution >= 4 is 55.1 Å². The predicted molar refractivity (Wildman–Crippen MR) is 149 cm³/mol. The van der Waals surface area contributed by atoms with Crippen molar-refractivity contribution in [2.45, 2.75) is 11.8 Å². The molecule has 0 unspecified atom stereocenters. The molecule has 0 atom stereocenters. The first-order chi connectivity index (χ1) is 19.2. The molecule has 0 fully saturated rings. The third kappa shape index (κ3) is 6.08. The number of methoxy groups -OCH3 is 1. The summed E-state index contributed by atoms with van der Waals surface area (Å²) < 4.78 is 37.7. The number of carbonyl (C=O) groups excluding carboxylic acids is 2. The number of aromatic nitrogens is 4. The summed E-state index contributed by atoms with van der Waals surface area (Å²) in [5.74, 6) is 0.0900. The standard InChI is InChI=1S/C26H22N6O6S2/c1-15-30-31-26(39-15)32-40(35,36)20-10-6-18(7-11-20)27-23(33)14-38-25(34)17-5-12-21-22(13-17)29-24(28-21)16-3-8-19(37-2)9-4-16/h3-13H,14H2,1-2H3,(H,27,33)(H,28,29)(H,31,32). The number of benzene rings is 3. The molecule has 0 saturated heterocycles. The summed E-state index contributed by atoms with van der Waals surface area (Å²) in [4.78, 5) is 32.6. The van der Waals surface area contributed by atoms with Gasteiger partial charge in [-0.15, -0.1) is 10.2 Å². The molecule has 12 nitrogen and oxygen atoms in total. The molecule has 204 valence electrons. The third-order valence-electron chi connectivity index (χ3n) is 5.61. The van der Waals surface area contributed by atoms with Crippen LogP contribution in [0.5, 0.6) is 5.75 Å². The van der Waals surface area contributed by atoms with Crippen molar-refractivity contribution in [3.8, 4) is 17.1 Å². The Morgan fingerprint density at radius 1 is 1.00 bits per heavy atom. The fraction of sp³-hybridized carbons (Fsp3) is 0.115. The highest BCUT2D eigenvalue weighted by Crippen LogP contribution is 2.24. The number of hydrogen-bond donors (Lipinski definition) is 3. The maximum atomic E-state index is 12.6. The van der Waals surface area contributed by atoms with Gasteiger partial charge in [-0.3, -0.25) is 9.52 Å². The van der Waals surface area contributed by atoms with Gasteiger partial charge in [-0.25, -0.2) is 18.2 Å². The lowest BCUT2D eigenvalue weighted by molar-refractivity contribution is -0.119. The number of imidazole rings is 1. The number of rotatable bonds is 9. The summed E-state index contributed by atoms with van der Waals surface area (Å²) in [6.45, 7) is 1.18. The van der Waals surface area contributed by atoms with Crippen LogP contribution in [0.3, 0.4) is 0 Å². The SMILES string of the molecule is COc1ccc(-c2nc3ccc(C(=O)OCC(=O)Nc4ccc(S(=O)(=O)Nc5nnc(C)s5)cc4)cc3[nH]2)cc1. The fourth-order valence-corrected chi connectivity index (χ4v) is 5.48. The minimum Gasteiger partial charge on any atom is -0.497 e. The number of carbonyl (C=O) groups is 2. The van der Waals surface area contributed by atoms with Crippen molar-refractivity contribution in [2.75, 3.05) is 23.8 Å². The number of H-pyrrole nitrogens is 1. The van der Waals surface area contributed by atoms with Crippen LogP contribution in [-0.4, -0.2) is 54.2 Å². The lowest BCUT2D eigenvalue weighted by Gasteiger charge is -2.08. The Morgan fingerprint density at radius 3 is 2.42 bits per heavy atom. The van der Waals surface area contributed by atoms with E-state index in [1.165, 1.54) is 24.3 Å². The minimum absolute atomic E-state index is 0.0193. The van der Waals surface area contributed by atoms with Gasteiger partial charge in [0.1, 0.15) is 16.6 Å². The van der Waals surface area contributed by atoms with Gasteiger partial charge in [0, 0.05) is 11.3 Å². The minimum atomic E-state index is -3.87. The number of anilines is 2.